The highest BCUT2D eigenvalue weighted by Crippen LogP contribution is 2.50. The Morgan fingerprint density at radius 3 is 1.98 bits per heavy atom. The van der Waals surface area contributed by atoms with Crippen molar-refractivity contribution < 1.29 is 15.1 Å². The van der Waals surface area contributed by atoms with Gasteiger partial charge in [0.25, 0.3) is 0 Å². The lowest BCUT2D eigenvalue weighted by Gasteiger charge is -2.37. The molecule has 4 aromatic carbocycles. The molecule has 1 unspecified atom stereocenters. The van der Waals surface area contributed by atoms with Gasteiger partial charge in [0.05, 0.1) is 47.6 Å². The highest BCUT2D eigenvalue weighted by atomic mass is 32.2. The second-order valence-corrected chi connectivity index (χ2v) is 16.5. The van der Waals surface area contributed by atoms with Crippen molar-refractivity contribution in [3.8, 4) is 11.8 Å². The van der Waals surface area contributed by atoms with Crippen LogP contribution in [0.2, 0.25) is 0 Å². The van der Waals surface area contributed by atoms with Crippen LogP contribution in [0.1, 0.15) is 31.7 Å². The van der Waals surface area contributed by atoms with Gasteiger partial charge >= 0.3 is 0 Å². The van der Waals surface area contributed by atoms with Gasteiger partial charge < -0.3 is 34.7 Å². The molecule has 4 aromatic rings. The molecule has 0 amide bonds. The number of methoxy groups -OCH3 is 1. The fourth-order valence-electron chi connectivity index (χ4n) is 7.60. The summed E-state index contributed by atoms with van der Waals surface area (Å²) >= 11 is 3.61. The Balaban J connectivity index is 0.000000164. The standard InChI is InChI=1S/C22H28N2O2S.C20H22N4OS/c1-16(14-23-11-9-17(25)10-12-23)15-24-19-5-3-4-6-21(19)27-22-8-7-18(26-2)13-20(22)24;21-15-16-6-7-20-18(14-16)24(17-4-1-2-5-19(17)26-20)9-3-8-22-10-12-23(25)13-11-22/h3-8,13,16-17,25H,9-12,14-15H2,1-2H3;1-2,4-7,14,25H,3,8-13H2. The van der Waals surface area contributed by atoms with Crippen molar-refractivity contribution in [1.29, 1.82) is 5.26 Å². The van der Waals surface area contributed by atoms with Gasteiger partial charge in [-0.2, -0.15) is 10.3 Å². The van der Waals surface area contributed by atoms with Gasteiger partial charge in [0.15, 0.2) is 0 Å². The summed E-state index contributed by atoms with van der Waals surface area (Å²) in [5.41, 5.74) is 5.57. The van der Waals surface area contributed by atoms with Gasteiger partial charge in [0.1, 0.15) is 5.75 Å². The lowest BCUT2D eigenvalue weighted by atomic mass is 10.0. The van der Waals surface area contributed by atoms with E-state index in [0.717, 1.165) is 96.1 Å². The Hall–Kier alpha value is -3.73. The molecule has 1 atom stereocenters. The number of aliphatic hydroxyl groups excluding tert-OH is 1. The summed E-state index contributed by atoms with van der Waals surface area (Å²) in [4.78, 5) is 14.8. The van der Waals surface area contributed by atoms with Crippen LogP contribution in [0.25, 0.3) is 0 Å². The van der Waals surface area contributed by atoms with E-state index in [9.17, 15) is 15.6 Å². The topological polar surface area (TPSA) is 89.7 Å². The minimum Gasteiger partial charge on any atom is -0.497 e. The van der Waals surface area contributed by atoms with Crippen molar-refractivity contribution in [2.45, 2.75) is 51.9 Å². The summed E-state index contributed by atoms with van der Waals surface area (Å²) in [5.74, 6) is 1.42. The number of likely N-dealkylation sites (tertiary alicyclic amines) is 1. The lowest BCUT2D eigenvalue weighted by molar-refractivity contribution is -0.117. The second kappa shape index (κ2) is 17.6. The fourth-order valence-corrected chi connectivity index (χ4v) is 9.75. The highest BCUT2D eigenvalue weighted by Gasteiger charge is 2.27. The van der Waals surface area contributed by atoms with E-state index < -0.39 is 0 Å². The maximum atomic E-state index is 9.74. The third-order valence-electron chi connectivity index (χ3n) is 10.4. The number of piperazine rings is 1. The van der Waals surface area contributed by atoms with Crippen LogP contribution >= 0.6 is 23.5 Å². The summed E-state index contributed by atoms with van der Waals surface area (Å²) in [6.45, 7) is 11.6. The predicted octanol–water partition coefficient (Wildman–Crippen LogP) is 7.95. The van der Waals surface area contributed by atoms with Gasteiger partial charge in [0.2, 0.25) is 0 Å². The molecule has 4 aliphatic rings. The number of nitriles is 1. The Morgan fingerprint density at radius 1 is 0.717 bits per heavy atom. The molecule has 11 heteroatoms. The monoisotopic (exact) mass is 750 g/mol. The van der Waals surface area contributed by atoms with Crippen molar-refractivity contribution in [1.82, 2.24) is 14.9 Å². The third kappa shape index (κ3) is 9.15. The second-order valence-electron chi connectivity index (χ2n) is 14.3. The molecule has 2 saturated heterocycles. The van der Waals surface area contributed by atoms with Crippen LogP contribution in [0.4, 0.5) is 22.7 Å². The van der Waals surface area contributed by atoms with Gasteiger partial charge in [-0.05, 0) is 86.3 Å². The van der Waals surface area contributed by atoms with Crippen molar-refractivity contribution >= 4 is 46.3 Å². The predicted molar refractivity (Wildman–Crippen MR) is 215 cm³/mol. The van der Waals surface area contributed by atoms with Crippen molar-refractivity contribution in [3.63, 3.8) is 0 Å². The van der Waals surface area contributed by atoms with Crippen LogP contribution < -0.4 is 14.5 Å². The quantitative estimate of drug-likeness (QED) is 0.175. The van der Waals surface area contributed by atoms with Crippen molar-refractivity contribution in [2.24, 2.45) is 5.92 Å². The molecule has 8 rings (SSSR count). The van der Waals surface area contributed by atoms with E-state index >= 15 is 0 Å². The van der Waals surface area contributed by atoms with Gasteiger partial charge in [0, 0.05) is 84.6 Å². The smallest absolute Gasteiger partial charge is 0.121 e. The lowest BCUT2D eigenvalue weighted by Crippen LogP contribution is -2.45. The van der Waals surface area contributed by atoms with Crippen molar-refractivity contribution in [3.05, 3.63) is 90.5 Å². The highest BCUT2D eigenvalue weighted by molar-refractivity contribution is 8.00. The van der Waals surface area contributed by atoms with Crippen LogP contribution in [0.5, 0.6) is 5.75 Å². The number of rotatable bonds is 9. The molecular formula is C42H50N6O3S2. The van der Waals surface area contributed by atoms with Crippen LogP contribution in [0, 0.1) is 17.2 Å². The molecule has 9 nitrogen and oxygen atoms in total. The number of aliphatic hydroxyl groups is 1. The van der Waals surface area contributed by atoms with E-state index in [0.29, 0.717) is 11.5 Å². The maximum absolute atomic E-state index is 9.74. The van der Waals surface area contributed by atoms with E-state index in [1.54, 1.807) is 18.9 Å². The Labute approximate surface area is 322 Å². The van der Waals surface area contributed by atoms with Crippen LogP contribution in [0.15, 0.2) is 105 Å². The molecule has 0 aromatic heterocycles. The maximum Gasteiger partial charge on any atom is 0.121 e. The van der Waals surface area contributed by atoms with Gasteiger partial charge in [-0.25, -0.2) is 0 Å². The number of hydroxylamine groups is 2. The van der Waals surface area contributed by atoms with Crippen molar-refractivity contribution in [2.75, 3.05) is 82.4 Å². The molecule has 53 heavy (non-hydrogen) atoms. The van der Waals surface area contributed by atoms with Crippen LogP contribution in [-0.2, 0) is 0 Å². The number of fused-ring (bicyclic) bond motifs is 4. The molecule has 2 fully saturated rings. The molecular weight excluding hydrogens is 701 g/mol. The molecule has 278 valence electrons. The zero-order chi connectivity index (χ0) is 36.7. The van der Waals surface area contributed by atoms with E-state index in [4.69, 9.17) is 4.74 Å². The number of para-hydroxylation sites is 2. The van der Waals surface area contributed by atoms with E-state index in [1.807, 2.05) is 30.0 Å². The largest absolute Gasteiger partial charge is 0.497 e. The zero-order valence-electron chi connectivity index (χ0n) is 30.7. The Bertz CT molecular complexity index is 1890. The van der Waals surface area contributed by atoms with Gasteiger partial charge in [-0.15, -0.1) is 0 Å². The average molecular weight is 751 g/mol. The summed E-state index contributed by atoms with van der Waals surface area (Å²) in [6, 6.07) is 31.7. The number of ether oxygens (including phenoxy) is 1. The van der Waals surface area contributed by atoms with Crippen LogP contribution in [-0.4, -0.2) is 104 Å². The first-order chi connectivity index (χ1) is 25.9. The first kappa shape index (κ1) is 37.6. The van der Waals surface area contributed by atoms with Gasteiger partial charge in [-0.3, -0.25) is 0 Å². The molecule has 0 spiro atoms. The van der Waals surface area contributed by atoms with E-state index in [-0.39, 0.29) is 6.10 Å². The molecule has 0 aliphatic carbocycles. The summed E-state index contributed by atoms with van der Waals surface area (Å²) in [7, 11) is 1.73. The molecule has 4 heterocycles. The zero-order valence-corrected chi connectivity index (χ0v) is 32.4. The Kier molecular flexibility index (Phi) is 12.5. The molecule has 4 aliphatic heterocycles. The van der Waals surface area contributed by atoms with Crippen LogP contribution in [0.3, 0.4) is 0 Å². The summed E-state index contributed by atoms with van der Waals surface area (Å²) < 4.78 is 5.49. The minimum absolute atomic E-state index is 0.109. The number of nitrogens with zero attached hydrogens (tertiary/aromatic N) is 6. The minimum atomic E-state index is -0.109. The molecule has 2 N–H and O–H groups in total. The Morgan fingerprint density at radius 2 is 1.32 bits per heavy atom. The number of anilines is 4. The van der Waals surface area contributed by atoms with Gasteiger partial charge in [-0.1, -0.05) is 54.7 Å². The SMILES string of the molecule is COc1ccc2c(c1)N(CC(C)CN1CCC(O)CC1)c1ccccc1S2.N#Cc1ccc2c(c1)N(CCCN1CCN(O)CC1)c1ccccc1S2. The number of piperidine rings is 1. The molecule has 0 radical (unpaired) electrons. The van der Waals surface area contributed by atoms with E-state index in [2.05, 4.69) is 99.3 Å². The average Bonchev–Trinajstić information content (AvgIpc) is 3.19. The summed E-state index contributed by atoms with van der Waals surface area (Å²) in [6.07, 6.45) is 2.73. The fraction of sp³-hybridized carbons (Fsp3) is 0.405. The number of hydrogen-bond donors (Lipinski definition) is 2. The first-order valence-corrected chi connectivity index (χ1v) is 20.4. The summed E-state index contributed by atoms with van der Waals surface area (Å²) in [5, 5.41) is 29.9. The third-order valence-corrected chi connectivity index (χ3v) is 12.7. The number of benzene rings is 4. The molecule has 0 bridgehead atoms. The van der Waals surface area contributed by atoms with E-state index in [1.165, 1.54) is 41.7 Å². The number of hydrogen-bond acceptors (Lipinski definition) is 11. The normalized spacial score (nSPS) is 18.1. The molecule has 0 saturated carbocycles. The first-order valence-electron chi connectivity index (χ1n) is 18.8.